The second-order valence-electron chi connectivity index (χ2n) is 3.35. The summed E-state index contributed by atoms with van der Waals surface area (Å²) in [6.07, 6.45) is 1.09. The van der Waals surface area contributed by atoms with Crippen molar-refractivity contribution in [1.29, 1.82) is 0 Å². The molecular weight excluding hydrogens is 256 g/mol. The number of benzene rings is 1. The summed E-state index contributed by atoms with van der Waals surface area (Å²) in [5.74, 6) is 0.548. The molecule has 0 aliphatic heterocycles. The van der Waals surface area contributed by atoms with Crippen LogP contribution in [0.5, 0.6) is 0 Å². The number of nitro groups is 1. The van der Waals surface area contributed by atoms with E-state index >= 15 is 0 Å². The fourth-order valence-corrected chi connectivity index (χ4v) is 2.00. The topological polar surface area (TPSA) is 102 Å². The fraction of sp³-hybridized carbons (Fsp3) is 0.100. The standard InChI is InChI=1S/C10H8N4O3S/c15-9-5-11-13-10(12-9)18-6-7-1-3-8(4-2-7)14(16)17/h1-5H,6H2,(H,12,13,15). The van der Waals surface area contributed by atoms with Crippen molar-refractivity contribution in [3.05, 3.63) is 56.5 Å². The molecule has 18 heavy (non-hydrogen) atoms. The van der Waals surface area contributed by atoms with Crippen LogP contribution in [0.4, 0.5) is 5.69 Å². The zero-order valence-electron chi connectivity index (χ0n) is 9.07. The molecule has 0 amide bonds. The fourth-order valence-electron chi connectivity index (χ4n) is 1.23. The molecule has 0 atom stereocenters. The van der Waals surface area contributed by atoms with Crippen LogP contribution in [-0.2, 0) is 5.75 Å². The van der Waals surface area contributed by atoms with Gasteiger partial charge in [-0.15, -0.1) is 5.10 Å². The van der Waals surface area contributed by atoms with Crippen molar-refractivity contribution in [2.24, 2.45) is 0 Å². The lowest BCUT2D eigenvalue weighted by molar-refractivity contribution is -0.384. The first kappa shape index (κ1) is 12.2. The van der Waals surface area contributed by atoms with Gasteiger partial charge in [0.05, 0.1) is 4.92 Å². The van der Waals surface area contributed by atoms with Crippen LogP contribution in [0.15, 0.2) is 40.4 Å². The molecule has 92 valence electrons. The molecule has 0 radical (unpaired) electrons. The molecule has 0 aliphatic rings. The summed E-state index contributed by atoms with van der Waals surface area (Å²) < 4.78 is 0. The lowest BCUT2D eigenvalue weighted by atomic mass is 10.2. The molecule has 0 spiro atoms. The minimum atomic E-state index is -0.447. The van der Waals surface area contributed by atoms with Gasteiger partial charge in [-0.25, -0.2) is 0 Å². The highest BCUT2D eigenvalue weighted by atomic mass is 32.2. The summed E-state index contributed by atoms with van der Waals surface area (Å²) in [5, 5.41) is 18.2. The Morgan fingerprint density at radius 2 is 2.06 bits per heavy atom. The van der Waals surface area contributed by atoms with Gasteiger partial charge >= 0.3 is 0 Å². The molecule has 1 N–H and O–H groups in total. The molecule has 0 unspecified atom stereocenters. The Hall–Kier alpha value is -2.22. The van der Waals surface area contributed by atoms with Crippen molar-refractivity contribution in [3.8, 4) is 0 Å². The van der Waals surface area contributed by atoms with Crippen molar-refractivity contribution in [3.63, 3.8) is 0 Å². The van der Waals surface area contributed by atoms with E-state index in [9.17, 15) is 14.9 Å². The van der Waals surface area contributed by atoms with E-state index in [0.29, 0.717) is 10.9 Å². The molecular formula is C10H8N4O3S. The van der Waals surface area contributed by atoms with E-state index in [4.69, 9.17) is 0 Å². The number of aromatic nitrogens is 3. The normalized spacial score (nSPS) is 10.2. The molecule has 0 saturated heterocycles. The molecule has 0 fully saturated rings. The van der Waals surface area contributed by atoms with Gasteiger partial charge in [0.1, 0.15) is 6.20 Å². The third-order valence-electron chi connectivity index (χ3n) is 2.08. The highest BCUT2D eigenvalue weighted by Crippen LogP contribution is 2.19. The molecule has 8 heteroatoms. The van der Waals surface area contributed by atoms with Crippen LogP contribution in [0.2, 0.25) is 0 Å². The maximum atomic E-state index is 11.0. The van der Waals surface area contributed by atoms with Gasteiger partial charge in [0.15, 0.2) is 5.16 Å². The molecule has 1 heterocycles. The van der Waals surface area contributed by atoms with E-state index in [1.165, 1.54) is 23.9 Å². The number of hydrogen-bond acceptors (Lipinski definition) is 6. The van der Waals surface area contributed by atoms with Crippen LogP contribution in [-0.4, -0.2) is 20.1 Å². The molecule has 1 aromatic heterocycles. The Labute approximate surface area is 105 Å². The average molecular weight is 264 g/mol. The van der Waals surface area contributed by atoms with Crippen LogP contribution < -0.4 is 5.56 Å². The van der Waals surface area contributed by atoms with Gasteiger partial charge in [0.25, 0.3) is 11.2 Å². The quantitative estimate of drug-likeness (QED) is 0.508. The van der Waals surface area contributed by atoms with Crippen molar-refractivity contribution < 1.29 is 4.92 Å². The summed E-state index contributed by atoms with van der Waals surface area (Å²) in [4.78, 5) is 23.5. The third kappa shape index (κ3) is 3.14. The van der Waals surface area contributed by atoms with Gasteiger partial charge in [-0.05, 0) is 5.56 Å². The van der Waals surface area contributed by atoms with Crippen molar-refractivity contribution in [1.82, 2.24) is 15.2 Å². The highest BCUT2D eigenvalue weighted by molar-refractivity contribution is 7.98. The third-order valence-corrected chi connectivity index (χ3v) is 3.01. The minimum Gasteiger partial charge on any atom is -0.299 e. The summed E-state index contributed by atoms with van der Waals surface area (Å²) in [7, 11) is 0. The second kappa shape index (κ2) is 5.41. The van der Waals surface area contributed by atoms with Gasteiger partial charge in [-0.1, -0.05) is 23.9 Å². The van der Waals surface area contributed by atoms with E-state index in [-0.39, 0.29) is 11.2 Å². The number of rotatable bonds is 4. The number of aromatic amines is 1. The number of thioether (sulfide) groups is 1. The lowest BCUT2D eigenvalue weighted by Gasteiger charge is -1.99. The lowest BCUT2D eigenvalue weighted by Crippen LogP contribution is -2.07. The van der Waals surface area contributed by atoms with Crippen molar-refractivity contribution >= 4 is 17.4 Å². The summed E-state index contributed by atoms with van der Waals surface area (Å²) in [6.45, 7) is 0. The highest BCUT2D eigenvalue weighted by Gasteiger charge is 2.04. The van der Waals surface area contributed by atoms with Gasteiger partial charge in [-0.2, -0.15) is 5.10 Å². The smallest absolute Gasteiger partial charge is 0.270 e. The molecule has 1 aromatic carbocycles. The van der Waals surface area contributed by atoms with Gasteiger partial charge < -0.3 is 0 Å². The number of nitrogens with zero attached hydrogens (tertiary/aromatic N) is 3. The van der Waals surface area contributed by atoms with Crippen molar-refractivity contribution in [2.75, 3.05) is 0 Å². The van der Waals surface area contributed by atoms with Crippen LogP contribution in [0, 0.1) is 10.1 Å². The molecule has 7 nitrogen and oxygen atoms in total. The minimum absolute atomic E-state index is 0.0525. The first-order valence-electron chi connectivity index (χ1n) is 4.93. The Morgan fingerprint density at radius 1 is 1.33 bits per heavy atom. The predicted molar refractivity (Wildman–Crippen MR) is 65.3 cm³/mol. The molecule has 0 bridgehead atoms. The number of nitro benzene ring substituents is 1. The predicted octanol–water partition coefficient (Wildman–Crippen LogP) is 1.37. The first-order valence-corrected chi connectivity index (χ1v) is 5.92. The number of H-pyrrole nitrogens is 1. The van der Waals surface area contributed by atoms with Crippen LogP contribution in [0.25, 0.3) is 0 Å². The van der Waals surface area contributed by atoms with Crippen LogP contribution in [0.3, 0.4) is 0 Å². The Morgan fingerprint density at radius 3 is 2.67 bits per heavy atom. The molecule has 0 aliphatic carbocycles. The van der Waals surface area contributed by atoms with E-state index < -0.39 is 4.92 Å². The van der Waals surface area contributed by atoms with Gasteiger partial charge in [0.2, 0.25) is 0 Å². The van der Waals surface area contributed by atoms with E-state index in [0.717, 1.165) is 11.8 Å². The second-order valence-corrected chi connectivity index (χ2v) is 4.32. The Bertz CT molecular complexity index is 611. The average Bonchev–Trinajstić information content (AvgIpc) is 2.37. The van der Waals surface area contributed by atoms with E-state index in [1.54, 1.807) is 12.1 Å². The Balaban J connectivity index is 2.02. The molecule has 2 aromatic rings. The zero-order chi connectivity index (χ0) is 13.0. The number of non-ortho nitro benzene ring substituents is 1. The number of hydrogen-bond donors (Lipinski definition) is 1. The van der Waals surface area contributed by atoms with E-state index in [1.807, 2.05) is 0 Å². The largest absolute Gasteiger partial charge is 0.299 e. The van der Waals surface area contributed by atoms with Crippen molar-refractivity contribution in [2.45, 2.75) is 10.9 Å². The maximum Gasteiger partial charge on any atom is 0.270 e. The number of nitrogens with one attached hydrogen (secondary N) is 1. The first-order chi connectivity index (χ1) is 8.65. The van der Waals surface area contributed by atoms with Gasteiger partial charge in [0, 0.05) is 17.9 Å². The molecule has 0 saturated carbocycles. The van der Waals surface area contributed by atoms with Gasteiger partial charge in [-0.3, -0.25) is 19.9 Å². The maximum absolute atomic E-state index is 11.0. The summed E-state index contributed by atoms with van der Waals surface area (Å²) in [6, 6.07) is 6.21. The zero-order valence-corrected chi connectivity index (χ0v) is 9.88. The Kier molecular flexibility index (Phi) is 3.68. The van der Waals surface area contributed by atoms with Crippen LogP contribution >= 0.6 is 11.8 Å². The molecule has 2 rings (SSSR count). The monoisotopic (exact) mass is 264 g/mol. The summed E-state index contributed by atoms with van der Waals surface area (Å²) in [5.41, 5.74) is 0.643. The SMILES string of the molecule is O=c1cnnc(SCc2ccc([N+](=O)[O-])cc2)[nH]1. The van der Waals surface area contributed by atoms with Crippen LogP contribution in [0.1, 0.15) is 5.56 Å². The summed E-state index contributed by atoms with van der Waals surface area (Å²) >= 11 is 1.30. The van der Waals surface area contributed by atoms with E-state index in [2.05, 4.69) is 15.2 Å².